The molecule has 132 valence electrons. The van der Waals surface area contributed by atoms with Gasteiger partial charge in [-0.15, -0.1) is 0 Å². The van der Waals surface area contributed by atoms with Gasteiger partial charge in [-0.2, -0.15) is 0 Å². The Morgan fingerprint density at radius 1 is 1.54 bits per heavy atom. The molecule has 0 unspecified atom stereocenters. The summed E-state index contributed by atoms with van der Waals surface area (Å²) in [6.45, 7) is 7.16. The van der Waals surface area contributed by atoms with Crippen LogP contribution in [-0.2, 0) is 6.54 Å². The molecule has 1 aromatic rings. The molecule has 2 heterocycles. The summed E-state index contributed by atoms with van der Waals surface area (Å²) in [4.78, 5) is 13.6. The van der Waals surface area contributed by atoms with Crippen LogP contribution in [0.4, 0.5) is 0 Å². The van der Waals surface area contributed by atoms with Gasteiger partial charge >= 0.3 is 0 Å². The zero-order valence-electron chi connectivity index (χ0n) is 15.3. The third-order valence-electron chi connectivity index (χ3n) is 4.53. The molecule has 1 aliphatic rings. The van der Waals surface area contributed by atoms with Gasteiger partial charge in [0.2, 0.25) is 0 Å². The van der Waals surface area contributed by atoms with Gasteiger partial charge < -0.3 is 10.6 Å². The van der Waals surface area contributed by atoms with Crippen molar-refractivity contribution in [3.05, 3.63) is 41.6 Å². The largest absolute Gasteiger partial charge is 0.402 e. The van der Waals surface area contributed by atoms with E-state index in [1.165, 1.54) is 18.4 Å². The second-order valence-corrected chi connectivity index (χ2v) is 6.59. The Bertz CT molecular complexity index is 567. The molecule has 1 fully saturated rings. The fourth-order valence-electron chi connectivity index (χ4n) is 3.16. The van der Waals surface area contributed by atoms with Gasteiger partial charge in [0.15, 0.2) is 0 Å². The van der Waals surface area contributed by atoms with E-state index in [9.17, 15) is 0 Å². The summed E-state index contributed by atoms with van der Waals surface area (Å²) in [5, 5.41) is 0. The number of aliphatic imine (C=N–C) groups is 1. The summed E-state index contributed by atoms with van der Waals surface area (Å²) >= 11 is 0. The number of nitrogens with two attached hydrogens (primary N) is 1. The van der Waals surface area contributed by atoms with Crippen LogP contribution in [-0.4, -0.2) is 47.2 Å². The van der Waals surface area contributed by atoms with E-state index in [-0.39, 0.29) is 0 Å². The minimum Gasteiger partial charge on any atom is -0.402 e. The Balaban J connectivity index is 1.96. The van der Waals surface area contributed by atoms with Crippen LogP contribution in [0.3, 0.4) is 0 Å². The Labute approximate surface area is 146 Å². The van der Waals surface area contributed by atoms with Crippen LogP contribution in [0.2, 0.25) is 0 Å². The number of likely N-dealkylation sites (N-methyl/N-ethyl adjacent to an activating group) is 1. The predicted molar refractivity (Wildman–Crippen MR) is 101 cm³/mol. The molecule has 0 aliphatic carbocycles. The Hall–Kier alpha value is -1.88. The molecule has 1 aromatic heterocycles. The van der Waals surface area contributed by atoms with E-state index in [1.807, 2.05) is 19.3 Å². The molecule has 0 bridgehead atoms. The minimum absolute atomic E-state index is 0.517. The molecule has 24 heavy (non-hydrogen) atoms. The summed E-state index contributed by atoms with van der Waals surface area (Å²) in [7, 11) is 2.20. The number of piperidine rings is 1. The van der Waals surface area contributed by atoms with E-state index >= 15 is 0 Å². The monoisotopic (exact) mass is 329 g/mol. The van der Waals surface area contributed by atoms with Gasteiger partial charge in [0, 0.05) is 50.0 Å². The zero-order chi connectivity index (χ0) is 17.4. The van der Waals surface area contributed by atoms with Gasteiger partial charge in [-0.05, 0) is 50.9 Å². The van der Waals surface area contributed by atoms with Crippen molar-refractivity contribution in [2.24, 2.45) is 10.7 Å². The maximum atomic E-state index is 5.81. The SMILES string of the molecule is CCCC=N/C(=C\N)N1CCC[C@H](N(C)Cc2ccnc(C)c2)C1. The first-order valence-corrected chi connectivity index (χ1v) is 8.95. The van der Waals surface area contributed by atoms with Crippen molar-refractivity contribution >= 4 is 6.21 Å². The summed E-state index contributed by atoms with van der Waals surface area (Å²) in [5.41, 5.74) is 8.20. The summed E-state index contributed by atoms with van der Waals surface area (Å²) in [5.74, 6) is 0.904. The standard InChI is InChI=1S/C19H31N5/c1-4-5-9-22-19(13-20)24-11-6-7-18(15-24)23(3)14-17-8-10-21-16(2)12-17/h8-10,12-13,18H,4-7,11,14-15,20H2,1-3H3/b19-13+,22-9?/t18-/m0/s1. The Kier molecular flexibility index (Phi) is 7.25. The van der Waals surface area contributed by atoms with Crippen LogP contribution in [0, 0.1) is 6.92 Å². The molecule has 0 spiro atoms. The summed E-state index contributed by atoms with van der Waals surface area (Å²) in [6, 6.07) is 4.78. The van der Waals surface area contributed by atoms with Crippen molar-refractivity contribution in [1.29, 1.82) is 0 Å². The van der Waals surface area contributed by atoms with E-state index < -0.39 is 0 Å². The number of pyridine rings is 1. The van der Waals surface area contributed by atoms with Crippen LogP contribution >= 0.6 is 0 Å². The lowest BCUT2D eigenvalue weighted by Gasteiger charge is -2.38. The molecule has 5 heteroatoms. The molecule has 0 amide bonds. The lowest BCUT2D eigenvalue weighted by atomic mass is 10.0. The highest BCUT2D eigenvalue weighted by molar-refractivity contribution is 5.58. The van der Waals surface area contributed by atoms with Crippen molar-refractivity contribution in [3.63, 3.8) is 0 Å². The molecule has 1 saturated heterocycles. The first-order chi connectivity index (χ1) is 11.6. The first kappa shape index (κ1) is 18.5. The Morgan fingerprint density at radius 3 is 3.08 bits per heavy atom. The van der Waals surface area contributed by atoms with E-state index in [2.05, 4.69) is 45.9 Å². The van der Waals surface area contributed by atoms with Gasteiger partial charge in [0.1, 0.15) is 5.82 Å². The quantitative estimate of drug-likeness (QED) is 0.782. The average molecular weight is 329 g/mol. The normalized spacial score (nSPS) is 19.4. The van der Waals surface area contributed by atoms with Crippen LogP contribution in [0.1, 0.15) is 43.9 Å². The van der Waals surface area contributed by atoms with Crippen molar-refractivity contribution < 1.29 is 0 Å². The highest BCUT2D eigenvalue weighted by Gasteiger charge is 2.24. The highest BCUT2D eigenvalue weighted by Crippen LogP contribution is 2.20. The molecule has 5 nitrogen and oxygen atoms in total. The smallest absolute Gasteiger partial charge is 0.143 e. The van der Waals surface area contributed by atoms with Gasteiger partial charge in [0.05, 0.1) is 0 Å². The van der Waals surface area contributed by atoms with E-state index in [0.717, 1.165) is 44.0 Å². The predicted octanol–water partition coefficient (Wildman–Crippen LogP) is 2.91. The maximum absolute atomic E-state index is 5.81. The number of hydrogen-bond acceptors (Lipinski definition) is 5. The number of likely N-dealkylation sites (tertiary alicyclic amines) is 1. The number of aromatic nitrogens is 1. The fraction of sp³-hybridized carbons (Fsp3) is 0.579. The van der Waals surface area contributed by atoms with Crippen molar-refractivity contribution in [1.82, 2.24) is 14.8 Å². The average Bonchev–Trinajstić information content (AvgIpc) is 2.59. The molecule has 0 radical (unpaired) electrons. The molecule has 1 aliphatic heterocycles. The first-order valence-electron chi connectivity index (χ1n) is 8.95. The number of nitrogens with zero attached hydrogens (tertiary/aromatic N) is 4. The molecule has 0 aromatic carbocycles. The van der Waals surface area contributed by atoms with Gasteiger partial charge in [-0.25, -0.2) is 4.99 Å². The molecule has 1 atom stereocenters. The van der Waals surface area contributed by atoms with Gasteiger partial charge in [-0.3, -0.25) is 9.88 Å². The molecular weight excluding hydrogens is 298 g/mol. The van der Waals surface area contributed by atoms with Crippen LogP contribution in [0.25, 0.3) is 0 Å². The third-order valence-corrected chi connectivity index (χ3v) is 4.53. The summed E-state index contributed by atoms with van der Waals surface area (Å²) in [6.07, 6.45) is 10.0. The van der Waals surface area contributed by atoms with E-state index in [4.69, 9.17) is 5.73 Å². The number of rotatable bonds is 7. The van der Waals surface area contributed by atoms with Crippen LogP contribution < -0.4 is 5.73 Å². The third kappa shape index (κ3) is 5.34. The lowest BCUT2D eigenvalue weighted by molar-refractivity contribution is 0.132. The van der Waals surface area contributed by atoms with Crippen molar-refractivity contribution in [2.45, 2.75) is 52.1 Å². The second kappa shape index (κ2) is 9.42. The molecular formula is C19H31N5. The van der Waals surface area contributed by atoms with Gasteiger partial charge in [0.25, 0.3) is 0 Å². The van der Waals surface area contributed by atoms with Gasteiger partial charge in [-0.1, -0.05) is 13.3 Å². The maximum Gasteiger partial charge on any atom is 0.143 e. The van der Waals surface area contributed by atoms with E-state index in [1.54, 1.807) is 6.20 Å². The number of unbranched alkanes of at least 4 members (excludes halogenated alkanes) is 1. The summed E-state index contributed by atoms with van der Waals surface area (Å²) < 4.78 is 0. The minimum atomic E-state index is 0.517. The second-order valence-electron chi connectivity index (χ2n) is 6.59. The Morgan fingerprint density at radius 2 is 2.38 bits per heavy atom. The zero-order valence-corrected chi connectivity index (χ0v) is 15.3. The molecule has 2 rings (SSSR count). The number of hydrogen-bond donors (Lipinski definition) is 1. The molecule has 0 saturated carbocycles. The van der Waals surface area contributed by atoms with Crippen LogP contribution in [0.15, 0.2) is 35.3 Å². The van der Waals surface area contributed by atoms with Crippen molar-refractivity contribution in [2.75, 3.05) is 20.1 Å². The lowest BCUT2D eigenvalue weighted by Crippen LogP contribution is -2.45. The molecule has 2 N–H and O–H groups in total. The topological polar surface area (TPSA) is 57.8 Å². The van der Waals surface area contributed by atoms with E-state index in [0.29, 0.717) is 6.04 Å². The fourth-order valence-corrected chi connectivity index (χ4v) is 3.16. The van der Waals surface area contributed by atoms with Crippen LogP contribution in [0.5, 0.6) is 0 Å². The number of aryl methyl sites for hydroxylation is 1. The van der Waals surface area contributed by atoms with Crippen molar-refractivity contribution in [3.8, 4) is 0 Å². The highest BCUT2D eigenvalue weighted by atomic mass is 15.3.